The minimum atomic E-state index is -0.250. The van der Waals surface area contributed by atoms with Crippen LogP contribution in [0.4, 0.5) is 0 Å². The summed E-state index contributed by atoms with van der Waals surface area (Å²) in [6.45, 7) is 5.58. The summed E-state index contributed by atoms with van der Waals surface area (Å²) in [4.78, 5) is 40.7. The molecule has 0 radical (unpaired) electrons. The summed E-state index contributed by atoms with van der Waals surface area (Å²) in [7, 11) is 0. The fourth-order valence-electron chi connectivity index (χ4n) is 3.94. The van der Waals surface area contributed by atoms with Crippen LogP contribution in [0.3, 0.4) is 0 Å². The molecule has 3 rings (SSSR count). The second-order valence-electron chi connectivity index (χ2n) is 7.99. The molecule has 174 valence electrons. The average molecular weight is 455 g/mol. The van der Waals surface area contributed by atoms with Crippen LogP contribution in [0.15, 0.2) is 0 Å². The second-order valence-corrected chi connectivity index (χ2v) is 9.08. The van der Waals surface area contributed by atoms with Crippen LogP contribution < -0.4 is 10.6 Å². The van der Waals surface area contributed by atoms with Crippen molar-refractivity contribution in [3.05, 3.63) is 15.6 Å². The topological polar surface area (TPSA) is 132 Å². The number of amides is 2. The summed E-state index contributed by atoms with van der Waals surface area (Å²) < 4.78 is 0. The quantitative estimate of drug-likeness (QED) is 0.390. The largest absolute Gasteiger partial charge is 0.483 e. The number of carboxylic acid groups (broad SMARTS) is 1. The Morgan fingerprint density at radius 1 is 1.23 bits per heavy atom. The van der Waals surface area contributed by atoms with Gasteiger partial charge in [0.2, 0.25) is 5.91 Å². The number of thiazole rings is 1. The molecule has 2 amide bonds. The Labute approximate surface area is 187 Å². The van der Waals surface area contributed by atoms with Gasteiger partial charge in [-0.15, -0.1) is 11.3 Å². The van der Waals surface area contributed by atoms with Gasteiger partial charge in [0.1, 0.15) is 4.88 Å². The van der Waals surface area contributed by atoms with E-state index in [0.717, 1.165) is 42.4 Å². The van der Waals surface area contributed by atoms with Gasteiger partial charge < -0.3 is 20.8 Å². The molecule has 2 heterocycles. The number of likely N-dealkylation sites (tertiary alicyclic amines) is 1. The molecule has 2 aliphatic rings. The fourth-order valence-corrected chi connectivity index (χ4v) is 4.86. The van der Waals surface area contributed by atoms with Crippen molar-refractivity contribution in [2.75, 3.05) is 26.2 Å². The number of aryl methyl sites for hydroxylation is 2. The number of nitrogens with one attached hydrogen (secondary N) is 2. The molecule has 1 aliphatic carbocycles. The van der Waals surface area contributed by atoms with Gasteiger partial charge in [-0.05, 0) is 44.9 Å². The first-order valence-corrected chi connectivity index (χ1v) is 11.7. The van der Waals surface area contributed by atoms with Crippen LogP contribution in [-0.2, 0) is 16.0 Å². The number of carbonyl (C=O) groups excluding carboxylic acids is 2. The minimum absolute atomic E-state index is 0.00286. The van der Waals surface area contributed by atoms with E-state index in [1.54, 1.807) is 0 Å². The summed E-state index contributed by atoms with van der Waals surface area (Å²) in [5.74, 6) is 0.692. The average Bonchev–Trinajstić information content (AvgIpc) is 3.38. The predicted octanol–water partition coefficient (Wildman–Crippen LogP) is 1.19. The lowest BCUT2D eigenvalue weighted by Crippen LogP contribution is -2.45. The van der Waals surface area contributed by atoms with Crippen molar-refractivity contribution >= 4 is 29.6 Å². The molecule has 31 heavy (non-hydrogen) atoms. The number of nitrogens with zero attached hydrogens (tertiary/aromatic N) is 2. The highest BCUT2D eigenvalue weighted by Crippen LogP contribution is 2.35. The third-order valence-electron chi connectivity index (χ3n) is 5.64. The predicted molar refractivity (Wildman–Crippen MR) is 118 cm³/mol. The molecule has 1 aromatic rings. The first-order valence-electron chi connectivity index (χ1n) is 10.9. The first-order chi connectivity index (χ1) is 14.9. The molecular weight excluding hydrogens is 420 g/mol. The smallest absolute Gasteiger partial charge is 0.290 e. The van der Waals surface area contributed by atoms with E-state index < -0.39 is 0 Å². The van der Waals surface area contributed by atoms with Crippen molar-refractivity contribution in [1.82, 2.24) is 20.5 Å². The minimum Gasteiger partial charge on any atom is -0.483 e. The van der Waals surface area contributed by atoms with Gasteiger partial charge in [0.15, 0.2) is 0 Å². The zero-order valence-electron chi connectivity index (χ0n) is 18.3. The summed E-state index contributed by atoms with van der Waals surface area (Å²) in [5.41, 5.74) is 0.805. The number of aliphatic hydroxyl groups is 1. The SMILES string of the molecule is CCc1nc(C)c(C(=O)NC[C@@H]2CC[C@H](CC(=O)NCCO)N2CC2CC2)s1.O=CO. The molecule has 2 fully saturated rings. The summed E-state index contributed by atoms with van der Waals surface area (Å²) >= 11 is 1.48. The number of carbonyl (C=O) groups is 3. The van der Waals surface area contributed by atoms with Crippen LogP contribution in [0.25, 0.3) is 0 Å². The van der Waals surface area contributed by atoms with Crippen LogP contribution in [0, 0.1) is 12.8 Å². The highest BCUT2D eigenvalue weighted by atomic mass is 32.1. The zero-order valence-corrected chi connectivity index (χ0v) is 19.1. The molecule has 0 bridgehead atoms. The Hall–Kier alpha value is -2.04. The number of hydrogen-bond acceptors (Lipinski definition) is 7. The maximum Gasteiger partial charge on any atom is 0.290 e. The molecule has 1 aliphatic heterocycles. The Bertz CT molecular complexity index is 737. The van der Waals surface area contributed by atoms with Gasteiger partial charge in [-0.1, -0.05) is 6.92 Å². The number of aromatic nitrogens is 1. The van der Waals surface area contributed by atoms with Gasteiger partial charge in [-0.2, -0.15) is 0 Å². The lowest BCUT2D eigenvalue weighted by molar-refractivity contribution is -0.123. The Kier molecular flexibility index (Phi) is 10.4. The molecule has 4 N–H and O–H groups in total. The normalized spacial score (nSPS) is 20.6. The highest BCUT2D eigenvalue weighted by molar-refractivity contribution is 7.13. The van der Waals surface area contributed by atoms with Crippen LogP contribution in [-0.4, -0.2) is 76.7 Å². The summed E-state index contributed by atoms with van der Waals surface area (Å²) in [5, 5.41) is 22.6. The molecule has 1 saturated carbocycles. The van der Waals surface area contributed by atoms with E-state index in [2.05, 4.69) is 20.5 Å². The second kappa shape index (κ2) is 12.7. The van der Waals surface area contributed by atoms with Gasteiger partial charge in [0.05, 0.1) is 17.3 Å². The first kappa shape index (κ1) is 25.2. The summed E-state index contributed by atoms with van der Waals surface area (Å²) in [6.07, 6.45) is 5.80. The van der Waals surface area contributed by atoms with Crippen molar-refractivity contribution in [3.8, 4) is 0 Å². The maximum atomic E-state index is 12.6. The van der Waals surface area contributed by atoms with E-state index in [1.807, 2.05) is 13.8 Å². The molecular formula is C21H34N4O5S. The van der Waals surface area contributed by atoms with Gasteiger partial charge in [0, 0.05) is 38.1 Å². The van der Waals surface area contributed by atoms with E-state index in [-0.39, 0.29) is 37.0 Å². The molecule has 2 atom stereocenters. The van der Waals surface area contributed by atoms with Crippen molar-refractivity contribution in [3.63, 3.8) is 0 Å². The monoisotopic (exact) mass is 454 g/mol. The van der Waals surface area contributed by atoms with Crippen LogP contribution >= 0.6 is 11.3 Å². The third-order valence-corrected chi connectivity index (χ3v) is 6.94. The van der Waals surface area contributed by atoms with E-state index in [0.29, 0.717) is 24.4 Å². The van der Waals surface area contributed by atoms with E-state index in [4.69, 9.17) is 15.0 Å². The highest BCUT2D eigenvalue weighted by Gasteiger charge is 2.38. The van der Waals surface area contributed by atoms with Crippen molar-refractivity contribution in [1.29, 1.82) is 0 Å². The van der Waals surface area contributed by atoms with Crippen molar-refractivity contribution < 1.29 is 24.6 Å². The number of rotatable bonds is 10. The molecule has 0 spiro atoms. The molecule has 0 aromatic carbocycles. The van der Waals surface area contributed by atoms with E-state index in [1.165, 1.54) is 24.2 Å². The fraction of sp³-hybridized carbons (Fsp3) is 0.714. The lowest BCUT2D eigenvalue weighted by Gasteiger charge is -2.30. The van der Waals surface area contributed by atoms with Gasteiger partial charge >= 0.3 is 0 Å². The van der Waals surface area contributed by atoms with Gasteiger partial charge in [0.25, 0.3) is 12.4 Å². The Balaban J connectivity index is 0.00000107. The maximum absolute atomic E-state index is 12.6. The van der Waals surface area contributed by atoms with E-state index in [9.17, 15) is 9.59 Å². The van der Waals surface area contributed by atoms with Crippen molar-refractivity contribution in [2.45, 2.75) is 64.5 Å². The van der Waals surface area contributed by atoms with Crippen molar-refractivity contribution in [2.24, 2.45) is 5.92 Å². The zero-order chi connectivity index (χ0) is 22.8. The van der Waals surface area contributed by atoms with Crippen LogP contribution in [0.2, 0.25) is 0 Å². The van der Waals surface area contributed by atoms with Crippen LogP contribution in [0.1, 0.15) is 59.4 Å². The number of aliphatic hydroxyl groups excluding tert-OH is 1. The molecule has 9 nitrogen and oxygen atoms in total. The van der Waals surface area contributed by atoms with Gasteiger partial charge in [-0.25, -0.2) is 4.98 Å². The van der Waals surface area contributed by atoms with Gasteiger partial charge in [-0.3, -0.25) is 19.3 Å². The molecule has 10 heteroatoms. The number of hydrogen-bond donors (Lipinski definition) is 4. The lowest BCUT2D eigenvalue weighted by atomic mass is 10.1. The Morgan fingerprint density at radius 3 is 2.48 bits per heavy atom. The third kappa shape index (κ3) is 7.86. The standard InChI is InChI=1S/C20H32N4O3S.CH2O2/c1-3-18-23-13(2)19(28-18)20(27)22-11-16-7-6-15(10-17(26)21-8-9-25)24(16)12-14-4-5-14;2-1-3/h14-16,25H,3-12H2,1-2H3,(H,21,26)(H,22,27);1H,(H,2,3)/t15-,16+;/m1./s1. The van der Waals surface area contributed by atoms with E-state index >= 15 is 0 Å². The molecule has 1 saturated heterocycles. The Morgan fingerprint density at radius 2 is 1.90 bits per heavy atom. The molecule has 1 aromatic heterocycles. The summed E-state index contributed by atoms with van der Waals surface area (Å²) in [6, 6.07) is 0.497. The van der Waals surface area contributed by atoms with Crippen LogP contribution in [0.5, 0.6) is 0 Å². The molecule has 0 unspecified atom stereocenters.